The minimum atomic E-state index is -4.63. The van der Waals surface area contributed by atoms with Gasteiger partial charge in [-0.2, -0.15) is 13.2 Å². The highest BCUT2D eigenvalue weighted by Gasteiger charge is 2.34. The minimum absolute atomic E-state index is 0.0437. The fraction of sp³-hybridized carbons (Fsp3) is 0.450. The van der Waals surface area contributed by atoms with Crippen LogP contribution in [0, 0.1) is 0 Å². The summed E-state index contributed by atoms with van der Waals surface area (Å²) in [5.41, 5.74) is 1.57. The van der Waals surface area contributed by atoms with Crippen LogP contribution in [-0.4, -0.2) is 66.5 Å². The van der Waals surface area contributed by atoms with Gasteiger partial charge in [0.25, 0.3) is 0 Å². The summed E-state index contributed by atoms with van der Waals surface area (Å²) in [6.07, 6.45) is -2.52. The van der Waals surface area contributed by atoms with E-state index >= 15 is 0 Å². The van der Waals surface area contributed by atoms with E-state index in [1.54, 1.807) is 19.0 Å². The van der Waals surface area contributed by atoms with E-state index in [1.807, 2.05) is 12.1 Å². The number of nitrogens with zero attached hydrogens (tertiary/aromatic N) is 4. The van der Waals surface area contributed by atoms with Crippen LogP contribution in [-0.2, 0) is 23.8 Å². The van der Waals surface area contributed by atoms with Gasteiger partial charge in [-0.25, -0.2) is 9.97 Å². The summed E-state index contributed by atoms with van der Waals surface area (Å²) in [5.74, 6) is 0.487. The Morgan fingerprint density at radius 1 is 1.26 bits per heavy atom. The normalized spacial score (nSPS) is 14.5. The first-order valence-corrected chi connectivity index (χ1v) is 9.95. The fourth-order valence-corrected chi connectivity index (χ4v) is 3.53. The van der Waals surface area contributed by atoms with Gasteiger partial charge in [0, 0.05) is 33.4 Å². The Labute approximate surface area is 183 Å². The van der Waals surface area contributed by atoms with Crippen molar-refractivity contribution in [1.82, 2.24) is 19.8 Å². The van der Waals surface area contributed by atoms with Crippen LogP contribution < -0.4 is 10.1 Å². The maximum atomic E-state index is 12.9. The molecule has 1 aliphatic rings. The van der Waals surface area contributed by atoms with Gasteiger partial charge in [0.2, 0.25) is 11.9 Å². The number of hydrogen-bond donors (Lipinski definition) is 1. The first kappa shape index (κ1) is 23.1. The lowest BCUT2D eigenvalue weighted by atomic mass is 10.0. The zero-order valence-corrected chi connectivity index (χ0v) is 18.1. The molecule has 0 atom stereocenters. The first-order chi connectivity index (χ1) is 14.6. The Bertz CT molecular complexity index is 969. The SMILES string of the molecule is COc1cc2c(cc1Nc1ncc(C(F)(F)F)c(Cl)n1)CCN(CC(=O)N(C)C)CC2. The number of alkyl halides is 3. The van der Waals surface area contributed by atoms with Gasteiger partial charge < -0.3 is 15.0 Å². The first-order valence-electron chi connectivity index (χ1n) is 9.57. The van der Waals surface area contributed by atoms with E-state index in [0.29, 0.717) is 37.1 Å². The van der Waals surface area contributed by atoms with Crippen molar-refractivity contribution in [3.8, 4) is 5.75 Å². The van der Waals surface area contributed by atoms with Crippen molar-refractivity contribution in [2.75, 3.05) is 46.2 Å². The molecule has 0 bridgehead atoms. The third-order valence-electron chi connectivity index (χ3n) is 5.07. The molecule has 2 aromatic rings. The molecular formula is C20H23ClF3N5O2. The van der Waals surface area contributed by atoms with Crippen molar-refractivity contribution >= 4 is 29.1 Å². The molecule has 0 spiro atoms. The smallest absolute Gasteiger partial charge is 0.420 e. The number of fused-ring (bicyclic) bond motifs is 1. The molecule has 0 fully saturated rings. The van der Waals surface area contributed by atoms with E-state index < -0.39 is 16.9 Å². The molecule has 0 radical (unpaired) electrons. The molecule has 11 heteroatoms. The van der Waals surface area contributed by atoms with E-state index in [4.69, 9.17) is 16.3 Å². The van der Waals surface area contributed by atoms with Crippen LogP contribution in [0.3, 0.4) is 0 Å². The van der Waals surface area contributed by atoms with Gasteiger partial charge in [-0.1, -0.05) is 11.6 Å². The molecule has 0 aliphatic carbocycles. The van der Waals surface area contributed by atoms with E-state index in [1.165, 1.54) is 7.11 Å². The summed E-state index contributed by atoms with van der Waals surface area (Å²) in [5, 5.41) is 2.22. The maximum Gasteiger partial charge on any atom is 0.420 e. The molecule has 1 aliphatic heterocycles. The van der Waals surface area contributed by atoms with Crippen molar-refractivity contribution in [3.05, 3.63) is 40.2 Å². The topological polar surface area (TPSA) is 70.6 Å². The highest BCUT2D eigenvalue weighted by Crippen LogP contribution is 2.35. The molecule has 0 saturated heterocycles. The minimum Gasteiger partial charge on any atom is -0.495 e. The van der Waals surface area contributed by atoms with E-state index in [0.717, 1.165) is 24.1 Å². The third kappa shape index (κ3) is 5.56. The summed E-state index contributed by atoms with van der Waals surface area (Å²) in [4.78, 5) is 23.1. The molecule has 3 rings (SSSR count). The number of rotatable bonds is 5. The predicted octanol–water partition coefficient (Wildman–Crippen LogP) is 3.39. The lowest BCUT2D eigenvalue weighted by Gasteiger charge is -2.21. The second-order valence-corrected chi connectivity index (χ2v) is 7.76. The van der Waals surface area contributed by atoms with E-state index in [-0.39, 0.29) is 11.9 Å². The number of nitrogens with one attached hydrogen (secondary N) is 1. The summed E-state index contributed by atoms with van der Waals surface area (Å²) >= 11 is 5.69. The highest BCUT2D eigenvalue weighted by atomic mass is 35.5. The van der Waals surface area contributed by atoms with Gasteiger partial charge in [0.15, 0.2) is 0 Å². The zero-order valence-electron chi connectivity index (χ0n) is 17.4. The predicted molar refractivity (Wildman–Crippen MR) is 111 cm³/mol. The Morgan fingerprint density at radius 3 is 2.45 bits per heavy atom. The van der Waals surface area contributed by atoms with Crippen LogP contribution in [0.15, 0.2) is 18.3 Å². The third-order valence-corrected chi connectivity index (χ3v) is 5.36. The second kappa shape index (κ2) is 9.27. The number of carbonyl (C=O) groups is 1. The standard InChI is InChI=1S/C20H23ClF3N5O2/c1-28(2)17(30)11-29-6-4-12-8-15(16(31-3)9-13(12)5-7-29)26-19-25-10-14(18(21)27-19)20(22,23)24/h8-10H,4-7,11H2,1-3H3,(H,25,26,27). The summed E-state index contributed by atoms with van der Waals surface area (Å²) < 4.78 is 44.1. The fourth-order valence-electron chi connectivity index (χ4n) is 3.29. The van der Waals surface area contributed by atoms with Crippen molar-refractivity contribution in [1.29, 1.82) is 0 Å². The van der Waals surface area contributed by atoms with Gasteiger partial charge in [0.05, 0.1) is 19.3 Å². The van der Waals surface area contributed by atoms with E-state index in [2.05, 4.69) is 20.2 Å². The molecule has 7 nitrogen and oxygen atoms in total. The molecule has 0 unspecified atom stereocenters. The number of likely N-dealkylation sites (N-methyl/N-ethyl adjacent to an activating group) is 1. The molecule has 1 amide bonds. The number of methoxy groups -OCH3 is 1. The highest BCUT2D eigenvalue weighted by molar-refractivity contribution is 6.30. The van der Waals surface area contributed by atoms with Crippen LogP contribution in [0.1, 0.15) is 16.7 Å². The average Bonchev–Trinajstić information content (AvgIpc) is 2.88. The maximum absolute atomic E-state index is 12.9. The zero-order chi connectivity index (χ0) is 22.8. The largest absolute Gasteiger partial charge is 0.495 e. The lowest BCUT2D eigenvalue weighted by molar-refractivity contribution is -0.138. The number of anilines is 2. The van der Waals surface area contributed by atoms with Crippen LogP contribution in [0.5, 0.6) is 5.75 Å². The Morgan fingerprint density at radius 2 is 1.90 bits per heavy atom. The van der Waals surface area contributed by atoms with Crippen molar-refractivity contribution in [3.63, 3.8) is 0 Å². The number of amides is 1. The average molecular weight is 458 g/mol. The summed E-state index contributed by atoms with van der Waals surface area (Å²) in [6.45, 7) is 1.79. The molecular weight excluding hydrogens is 435 g/mol. The Kier molecular flexibility index (Phi) is 6.90. The number of ether oxygens (including phenoxy) is 1. The Balaban J connectivity index is 1.81. The number of benzene rings is 1. The number of hydrogen-bond acceptors (Lipinski definition) is 6. The van der Waals surface area contributed by atoms with Crippen LogP contribution in [0.4, 0.5) is 24.8 Å². The Hall–Kier alpha value is -2.59. The van der Waals surface area contributed by atoms with Gasteiger partial charge in [-0.05, 0) is 36.1 Å². The molecule has 2 heterocycles. The number of halogens is 4. The quantitative estimate of drug-likeness (QED) is 0.694. The van der Waals surface area contributed by atoms with Crippen LogP contribution in [0.2, 0.25) is 5.15 Å². The van der Waals surface area contributed by atoms with Gasteiger partial charge in [-0.3, -0.25) is 9.69 Å². The molecule has 31 heavy (non-hydrogen) atoms. The van der Waals surface area contributed by atoms with Gasteiger partial charge in [-0.15, -0.1) is 0 Å². The number of carbonyl (C=O) groups excluding carboxylic acids is 1. The molecule has 168 valence electrons. The van der Waals surface area contributed by atoms with Crippen molar-refractivity contribution in [2.45, 2.75) is 19.0 Å². The molecule has 0 saturated carbocycles. The summed E-state index contributed by atoms with van der Waals surface area (Å²) in [6, 6.07) is 3.76. The van der Waals surface area contributed by atoms with Gasteiger partial charge >= 0.3 is 6.18 Å². The van der Waals surface area contributed by atoms with Crippen LogP contribution >= 0.6 is 11.6 Å². The molecule has 1 N–H and O–H groups in total. The summed E-state index contributed by atoms with van der Waals surface area (Å²) in [7, 11) is 4.97. The van der Waals surface area contributed by atoms with Gasteiger partial charge in [0.1, 0.15) is 16.5 Å². The van der Waals surface area contributed by atoms with E-state index in [9.17, 15) is 18.0 Å². The monoisotopic (exact) mass is 457 g/mol. The lowest BCUT2D eigenvalue weighted by Crippen LogP contribution is -2.37. The van der Waals surface area contributed by atoms with Crippen molar-refractivity contribution < 1.29 is 22.7 Å². The van der Waals surface area contributed by atoms with Crippen molar-refractivity contribution in [2.24, 2.45) is 0 Å². The second-order valence-electron chi connectivity index (χ2n) is 7.41. The van der Waals surface area contributed by atoms with Crippen LogP contribution in [0.25, 0.3) is 0 Å². The molecule has 1 aromatic carbocycles. The molecule has 1 aromatic heterocycles. The number of aromatic nitrogens is 2.